The number of pyridine rings is 1. The molecule has 0 atom stereocenters. The number of rotatable bonds is 5. The molecule has 2 aromatic rings. The van der Waals surface area contributed by atoms with Gasteiger partial charge in [-0.3, -0.25) is 4.79 Å². The van der Waals surface area contributed by atoms with Crippen LogP contribution in [0.15, 0.2) is 42.6 Å². The van der Waals surface area contributed by atoms with Crippen LogP contribution in [0.5, 0.6) is 0 Å². The van der Waals surface area contributed by atoms with Gasteiger partial charge >= 0.3 is 0 Å². The third-order valence-electron chi connectivity index (χ3n) is 2.86. The quantitative estimate of drug-likeness (QED) is 0.774. The predicted molar refractivity (Wildman–Crippen MR) is 78.5 cm³/mol. The number of hydrogen-bond donors (Lipinski definition) is 3. The van der Waals surface area contributed by atoms with Gasteiger partial charge in [-0.1, -0.05) is 12.1 Å². The summed E-state index contributed by atoms with van der Waals surface area (Å²) in [6, 6.07) is 10.8. The van der Waals surface area contributed by atoms with Crippen molar-refractivity contribution in [1.82, 2.24) is 4.98 Å². The smallest absolute Gasteiger partial charge is 0.257 e. The lowest BCUT2D eigenvalue weighted by molar-refractivity contribution is 0.102. The number of nitrogens with two attached hydrogens (primary N) is 1. The maximum atomic E-state index is 12.0. The van der Waals surface area contributed by atoms with Gasteiger partial charge in [0.2, 0.25) is 0 Å². The zero-order valence-electron chi connectivity index (χ0n) is 11.0. The Morgan fingerprint density at radius 3 is 2.85 bits per heavy atom. The number of aliphatic hydroxyl groups is 1. The van der Waals surface area contributed by atoms with E-state index in [1.54, 1.807) is 12.1 Å². The van der Waals surface area contributed by atoms with Crippen molar-refractivity contribution < 1.29 is 9.90 Å². The maximum absolute atomic E-state index is 12.0. The van der Waals surface area contributed by atoms with Gasteiger partial charge in [0.1, 0.15) is 5.82 Å². The van der Waals surface area contributed by atoms with Gasteiger partial charge in [0.25, 0.3) is 5.91 Å². The fourth-order valence-corrected chi connectivity index (χ4v) is 1.83. The van der Waals surface area contributed by atoms with Crippen LogP contribution >= 0.6 is 0 Å². The lowest BCUT2D eigenvalue weighted by atomic mass is 10.1. The van der Waals surface area contributed by atoms with Crippen LogP contribution < -0.4 is 11.1 Å². The SMILES string of the molecule is Nc1ccc(C(=O)Nc2cccc(CCCO)c2)cn1. The van der Waals surface area contributed by atoms with Gasteiger partial charge in [0.05, 0.1) is 5.56 Å². The molecular formula is C15H17N3O2. The van der Waals surface area contributed by atoms with Crippen molar-refractivity contribution in [3.05, 3.63) is 53.7 Å². The minimum atomic E-state index is -0.225. The molecular weight excluding hydrogens is 254 g/mol. The number of nitrogens with zero attached hydrogens (tertiary/aromatic N) is 1. The molecule has 0 saturated heterocycles. The Labute approximate surface area is 117 Å². The molecule has 104 valence electrons. The standard InChI is InChI=1S/C15H17N3O2/c16-14-7-6-12(10-17-14)15(20)18-13-5-1-3-11(9-13)4-2-8-19/h1,3,5-7,9-10,19H,2,4,8H2,(H2,16,17)(H,18,20). The van der Waals surface area contributed by atoms with Crippen molar-refractivity contribution in [1.29, 1.82) is 0 Å². The van der Waals surface area contributed by atoms with Crippen LogP contribution in [0.1, 0.15) is 22.3 Å². The molecule has 0 bridgehead atoms. The van der Waals surface area contributed by atoms with E-state index in [0.717, 1.165) is 17.7 Å². The normalized spacial score (nSPS) is 10.2. The molecule has 5 nitrogen and oxygen atoms in total. The first-order chi connectivity index (χ1) is 9.69. The number of aromatic nitrogens is 1. The second-order valence-electron chi connectivity index (χ2n) is 4.45. The van der Waals surface area contributed by atoms with Crippen LogP contribution in [0, 0.1) is 0 Å². The first-order valence-electron chi connectivity index (χ1n) is 6.42. The maximum Gasteiger partial charge on any atom is 0.257 e. The number of benzene rings is 1. The Kier molecular flexibility index (Phi) is 4.68. The third kappa shape index (κ3) is 3.80. The number of aliphatic hydroxyl groups excluding tert-OH is 1. The molecule has 20 heavy (non-hydrogen) atoms. The highest BCUT2D eigenvalue weighted by Crippen LogP contribution is 2.13. The monoisotopic (exact) mass is 271 g/mol. The summed E-state index contributed by atoms with van der Waals surface area (Å²) in [7, 11) is 0. The average Bonchev–Trinajstić information content (AvgIpc) is 2.46. The molecule has 0 fully saturated rings. The summed E-state index contributed by atoms with van der Waals surface area (Å²) in [6.07, 6.45) is 2.93. The second kappa shape index (κ2) is 6.68. The molecule has 0 spiro atoms. The molecule has 5 heteroatoms. The van der Waals surface area contributed by atoms with Crippen LogP contribution in [0.4, 0.5) is 11.5 Å². The van der Waals surface area contributed by atoms with E-state index in [1.807, 2.05) is 24.3 Å². The molecule has 0 radical (unpaired) electrons. The second-order valence-corrected chi connectivity index (χ2v) is 4.45. The van der Waals surface area contributed by atoms with E-state index in [1.165, 1.54) is 6.20 Å². The van der Waals surface area contributed by atoms with Crippen molar-refractivity contribution in [3.63, 3.8) is 0 Å². The summed E-state index contributed by atoms with van der Waals surface area (Å²) in [5.41, 5.74) is 7.74. The van der Waals surface area contributed by atoms with E-state index in [9.17, 15) is 4.79 Å². The largest absolute Gasteiger partial charge is 0.396 e. The van der Waals surface area contributed by atoms with Gasteiger partial charge in [-0.05, 0) is 42.7 Å². The summed E-state index contributed by atoms with van der Waals surface area (Å²) in [6.45, 7) is 0.160. The van der Waals surface area contributed by atoms with E-state index in [4.69, 9.17) is 10.8 Å². The number of hydrogen-bond acceptors (Lipinski definition) is 4. The van der Waals surface area contributed by atoms with Gasteiger partial charge in [-0.25, -0.2) is 4.98 Å². The van der Waals surface area contributed by atoms with E-state index in [-0.39, 0.29) is 12.5 Å². The Hall–Kier alpha value is -2.40. The van der Waals surface area contributed by atoms with Crippen molar-refractivity contribution in [2.45, 2.75) is 12.8 Å². The number of amides is 1. The Morgan fingerprint density at radius 1 is 1.30 bits per heavy atom. The average molecular weight is 271 g/mol. The Bertz CT molecular complexity index is 582. The fraction of sp³-hybridized carbons (Fsp3) is 0.200. The van der Waals surface area contributed by atoms with E-state index in [2.05, 4.69) is 10.3 Å². The van der Waals surface area contributed by atoms with Gasteiger partial charge in [-0.2, -0.15) is 0 Å². The number of carbonyl (C=O) groups is 1. The molecule has 1 amide bonds. The van der Waals surface area contributed by atoms with Crippen LogP contribution in [0.3, 0.4) is 0 Å². The minimum Gasteiger partial charge on any atom is -0.396 e. The lowest BCUT2D eigenvalue weighted by Crippen LogP contribution is -2.12. The molecule has 1 heterocycles. The Morgan fingerprint density at radius 2 is 2.15 bits per heavy atom. The molecule has 2 rings (SSSR count). The third-order valence-corrected chi connectivity index (χ3v) is 2.86. The highest BCUT2D eigenvalue weighted by Gasteiger charge is 2.06. The highest BCUT2D eigenvalue weighted by atomic mass is 16.2. The molecule has 1 aromatic carbocycles. The van der Waals surface area contributed by atoms with Crippen molar-refractivity contribution in [3.8, 4) is 0 Å². The van der Waals surface area contributed by atoms with Gasteiger partial charge < -0.3 is 16.2 Å². The number of nitrogen functional groups attached to an aromatic ring is 1. The van der Waals surface area contributed by atoms with E-state index in [0.29, 0.717) is 17.8 Å². The van der Waals surface area contributed by atoms with Crippen molar-refractivity contribution in [2.75, 3.05) is 17.7 Å². The summed E-state index contributed by atoms with van der Waals surface area (Å²) >= 11 is 0. The molecule has 0 unspecified atom stereocenters. The summed E-state index contributed by atoms with van der Waals surface area (Å²) < 4.78 is 0. The molecule has 0 saturated carbocycles. The van der Waals surface area contributed by atoms with Crippen LogP contribution in [-0.2, 0) is 6.42 Å². The molecule has 0 aliphatic carbocycles. The molecule has 0 aliphatic heterocycles. The first kappa shape index (κ1) is 14.0. The number of aryl methyl sites for hydroxylation is 1. The fourth-order valence-electron chi connectivity index (χ4n) is 1.83. The van der Waals surface area contributed by atoms with Crippen molar-refractivity contribution in [2.24, 2.45) is 0 Å². The van der Waals surface area contributed by atoms with Crippen LogP contribution in [0.25, 0.3) is 0 Å². The first-order valence-corrected chi connectivity index (χ1v) is 6.42. The van der Waals surface area contributed by atoms with E-state index >= 15 is 0 Å². The number of nitrogens with one attached hydrogen (secondary N) is 1. The summed E-state index contributed by atoms with van der Waals surface area (Å²) in [4.78, 5) is 15.9. The number of carbonyl (C=O) groups excluding carboxylic acids is 1. The minimum absolute atomic E-state index is 0.160. The number of anilines is 2. The van der Waals surface area contributed by atoms with Gasteiger partial charge in [0, 0.05) is 18.5 Å². The molecule has 0 aliphatic rings. The topological polar surface area (TPSA) is 88.2 Å². The zero-order chi connectivity index (χ0) is 14.4. The van der Waals surface area contributed by atoms with Crippen LogP contribution in [0.2, 0.25) is 0 Å². The summed E-state index contributed by atoms with van der Waals surface area (Å²) in [5.74, 6) is 0.157. The summed E-state index contributed by atoms with van der Waals surface area (Å²) in [5, 5.41) is 11.6. The van der Waals surface area contributed by atoms with Crippen LogP contribution in [-0.4, -0.2) is 22.6 Å². The molecule has 1 aromatic heterocycles. The lowest BCUT2D eigenvalue weighted by Gasteiger charge is -2.07. The van der Waals surface area contributed by atoms with Gasteiger partial charge in [0.15, 0.2) is 0 Å². The van der Waals surface area contributed by atoms with Crippen molar-refractivity contribution >= 4 is 17.4 Å². The molecule has 4 N–H and O–H groups in total. The van der Waals surface area contributed by atoms with E-state index < -0.39 is 0 Å². The van der Waals surface area contributed by atoms with Gasteiger partial charge in [-0.15, -0.1) is 0 Å². The zero-order valence-corrected chi connectivity index (χ0v) is 11.0. The predicted octanol–water partition coefficient (Wildman–Crippen LogP) is 1.84. The Balaban J connectivity index is 2.05. The highest BCUT2D eigenvalue weighted by molar-refractivity contribution is 6.04.